The fourth-order valence-corrected chi connectivity index (χ4v) is 3.67. The number of nitriles is 1. The smallest absolute Gasteiger partial charge is 0.230 e. The van der Waals surface area contributed by atoms with Gasteiger partial charge in [0.2, 0.25) is 10.0 Å². The Morgan fingerprint density at radius 1 is 1.62 bits per heavy atom. The first-order chi connectivity index (χ1) is 7.56. The summed E-state index contributed by atoms with van der Waals surface area (Å²) in [5, 5.41) is 16.9. The van der Waals surface area contributed by atoms with Gasteiger partial charge in [0.05, 0.1) is 6.07 Å². The van der Waals surface area contributed by atoms with Gasteiger partial charge in [0.25, 0.3) is 0 Å². The number of sulfonamides is 1. The van der Waals surface area contributed by atoms with Crippen LogP contribution in [-0.4, -0.2) is 42.8 Å². The van der Waals surface area contributed by atoms with Crippen LogP contribution in [0.2, 0.25) is 0 Å². The van der Waals surface area contributed by atoms with Gasteiger partial charge >= 0.3 is 0 Å². The van der Waals surface area contributed by atoms with Gasteiger partial charge in [-0.2, -0.15) is 5.26 Å². The van der Waals surface area contributed by atoms with E-state index in [1.54, 1.807) is 6.92 Å². The molecule has 1 rings (SSSR count). The average Bonchev–Trinajstić information content (AvgIpc) is 2.30. The highest BCUT2D eigenvalue weighted by molar-refractivity contribution is 7.90. The molecule has 0 radical (unpaired) electrons. The highest BCUT2D eigenvalue weighted by Gasteiger charge is 2.34. The molecule has 1 N–H and O–H groups in total. The number of piperidine rings is 1. The van der Waals surface area contributed by atoms with E-state index in [0.29, 0.717) is 19.5 Å². The number of hydrogen-bond acceptors (Lipinski definition) is 4. The molecule has 0 spiro atoms. The Morgan fingerprint density at radius 2 is 2.31 bits per heavy atom. The maximum absolute atomic E-state index is 12.0. The van der Waals surface area contributed by atoms with Gasteiger partial charge in [-0.15, -0.1) is 0 Å². The number of aliphatic hydroxyl groups excluding tert-OH is 1. The van der Waals surface area contributed by atoms with Gasteiger partial charge in [-0.25, -0.2) is 12.7 Å². The first-order valence-corrected chi connectivity index (χ1v) is 7.06. The second-order valence-electron chi connectivity index (χ2n) is 4.12. The SMILES string of the molecule is CCC(C#N)S(=O)(=O)N1CCCC(CO)C1. The van der Waals surface area contributed by atoms with Crippen molar-refractivity contribution in [3.63, 3.8) is 0 Å². The van der Waals surface area contributed by atoms with Crippen LogP contribution < -0.4 is 0 Å². The molecule has 6 heteroatoms. The van der Waals surface area contributed by atoms with E-state index in [1.165, 1.54) is 4.31 Å². The predicted molar refractivity (Wildman–Crippen MR) is 60.0 cm³/mol. The highest BCUT2D eigenvalue weighted by Crippen LogP contribution is 2.21. The maximum Gasteiger partial charge on any atom is 0.230 e. The lowest BCUT2D eigenvalue weighted by molar-refractivity contribution is 0.165. The normalized spacial score (nSPS) is 24.9. The molecule has 5 nitrogen and oxygen atoms in total. The number of aliphatic hydroxyl groups is 1. The van der Waals surface area contributed by atoms with Crippen LogP contribution in [0.4, 0.5) is 0 Å². The van der Waals surface area contributed by atoms with Crippen LogP contribution in [0.1, 0.15) is 26.2 Å². The van der Waals surface area contributed by atoms with Crippen LogP contribution in [0.3, 0.4) is 0 Å². The molecule has 0 aromatic rings. The zero-order valence-corrected chi connectivity index (χ0v) is 10.3. The lowest BCUT2D eigenvalue weighted by Gasteiger charge is -2.32. The van der Waals surface area contributed by atoms with Crippen molar-refractivity contribution in [1.82, 2.24) is 4.31 Å². The van der Waals surface area contributed by atoms with Gasteiger partial charge in [-0.05, 0) is 25.2 Å². The lowest BCUT2D eigenvalue weighted by atomic mass is 10.0. The van der Waals surface area contributed by atoms with E-state index in [4.69, 9.17) is 10.4 Å². The molecular weight excluding hydrogens is 228 g/mol. The van der Waals surface area contributed by atoms with Gasteiger partial charge in [0, 0.05) is 19.7 Å². The topological polar surface area (TPSA) is 81.4 Å². The predicted octanol–water partition coefficient (Wildman–Crippen LogP) is 0.323. The summed E-state index contributed by atoms with van der Waals surface area (Å²) in [5.74, 6) is 0.0136. The molecule has 1 aliphatic heterocycles. The molecule has 0 aromatic heterocycles. The largest absolute Gasteiger partial charge is 0.396 e. The molecule has 0 bridgehead atoms. The van der Waals surface area contributed by atoms with Gasteiger partial charge in [-0.3, -0.25) is 0 Å². The first-order valence-electron chi connectivity index (χ1n) is 5.55. The summed E-state index contributed by atoms with van der Waals surface area (Å²) in [7, 11) is -3.51. The Morgan fingerprint density at radius 3 is 2.81 bits per heavy atom. The Bertz CT molecular complexity index is 361. The van der Waals surface area contributed by atoms with E-state index in [1.807, 2.05) is 6.07 Å². The maximum atomic E-state index is 12.0. The Labute approximate surface area is 96.7 Å². The van der Waals surface area contributed by atoms with Crippen molar-refractivity contribution in [3.8, 4) is 6.07 Å². The summed E-state index contributed by atoms with van der Waals surface area (Å²) in [6.45, 7) is 2.52. The quantitative estimate of drug-likeness (QED) is 0.774. The van der Waals surface area contributed by atoms with E-state index >= 15 is 0 Å². The average molecular weight is 246 g/mol. The zero-order valence-electron chi connectivity index (χ0n) is 9.46. The summed E-state index contributed by atoms with van der Waals surface area (Å²) in [6, 6.07) is 1.83. The lowest BCUT2D eigenvalue weighted by Crippen LogP contribution is -2.44. The van der Waals surface area contributed by atoms with Crippen molar-refractivity contribution in [3.05, 3.63) is 0 Å². The minimum absolute atomic E-state index is 0.00929. The molecule has 2 atom stereocenters. The van der Waals surface area contributed by atoms with Crippen molar-refractivity contribution in [2.45, 2.75) is 31.4 Å². The minimum atomic E-state index is -3.51. The van der Waals surface area contributed by atoms with E-state index in [2.05, 4.69) is 0 Å². The molecule has 0 aromatic carbocycles. The molecule has 0 amide bonds. The molecular formula is C10H18N2O3S. The van der Waals surface area contributed by atoms with Crippen LogP contribution >= 0.6 is 0 Å². The summed E-state index contributed by atoms with van der Waals surface area (Å²) < 4.78 is 25.4. The molecule has 0 aliphatic carbocycles. The molecule has 16 heavy (non-hydrogen) atoms. The fourth-order valence-electron chi connectivity index (χ4n) is 1.96. The van der Waals surface area contributed by atoms with Crippen molar-refractivity contribution in [2.75, 3.05) is 19.7 Å². The number of hydrogen-bond donors (Lipinski definition) is 1. The Hall–Kier alpha value is -0.640. The molecule has 2 unspecified atom stereocenters. The van der Waals surface area contributed by atoms with Crippen molar-refractivity contribution in [1.29, 1.82) is 5.26 Å². The Kier molecular flexibility index (Phi) is 4.71. The third-order valence-electron chi connectivity index (χ3n) is 2.97. The highest BCUT2D eigenvalue weighted by atomic mass is 32.2. The summed E-state index contributed by atoms with van der Waals surface area (Å²) >= 11 is 0. The Balaban J connectivity index is 2.80. The second-order valence-corrected chi connectivity index (χ2v) is 6.24. The van der Waals surface area contributed by atoms with Crippen molar-refractivity contribution < 1.29 is 13.5 Å². The molecule has 92 valence electrons. The van der Waals surface area contributed by atoms with Crippen molar-refractivity contribution >= 4 is 10.0 Å². The molecule has 1 saturated heterocycles. The first kappa shape index (κ1) is 13.4. The van der Waals surface area contributed by atoms with Gasteiger partial charge in [-0.1, -0.05) is 6.92 Å². The standard InChI is InChI=1S/C10H18N2O3S/c1-2-10(6-11)16(14,15)12-5-3-4-9(7-12)8-13/h9-10,13H,2-5,7-8H2,1H3. The van der Waals surface area contributed by atoms with Crippen molar-refractivity contribution in [2.24, 2.45) is 5.92 Å². The van der Waals surface area contributed by atoms with Crippen LogP contribution in [0.25, 0.3) is 0 Å². The molecule has 1 fully saturated rings. The van der Waals surface area contributed by atoms with Gasteiger partial charge in [0.15, 0.2) is 5.25 Å². The molecule has 1 aliphatic rings. The number of rotatable bonds is 4. The molecule has 1 heterocycles. The van der Waals surface area contributed by atoms with Gasteiger partial charge < -0.3 is 5.11 Å². The van der Waals surface area contributed by atoms with Gasteiger partial charge in [0.1, 0.15) is 0 Å². The monoisotopic (exact) mass is 246 g/mol. The van der Waals surface area contributed by atoms with E-state index in [9.17, 15) is 8.42 Å². The van der Waals surface area contributed by atoms with Crippen LogP contribution in [-0.2, 0) is 10.0 Å². The summed E-state index contributed by atoms with van der Waals surface area (Å²) in [6.07, 6.45) is 1.91. The summed E-state index contributed by atoms with van der Waals surface area (Å²) in [5.41, 5.74) is 0. The minimum Gasteiger partial charge on any atom is -0.396 e. The third kappa shape index (κ3) is 2.73. The van der Waals surface area contributed by atoms with E-state index in [0.717, 1.165) is 12.8 Å². The van der Waals surface area contributed by atoms with E-state index < -0.39 is 15.3 Å². The van der Waals surface area contributed by atoms with Crippen LogP contribution in [0.15, 0.2) is 0 Å². The van der Waals surface area contributed by atoms with E-state index in [-0.39, 0.29) is 12.5 Å². The zero-order chi connectivity index (χ0) is 12.2. The van der Waals surface area contributed by atoms with Crippen LogP contribution in [0.5, 0.6) is 0 Å². The summed E-state index contributed by atoms with van der Waals surface area (Å²) in [4.78, 5) is 0. The third-order valence-corrected chi connectivity index (χ3v) is 5.18. The molecule has 0 saturated carbocycles. The number of nitrogens with zero attached hydrogens (tertiary/aromatic N) is 2. The second kappa shape index (κ2) is 5.62. The fraction of sp³-hybridized carbons (Fsp3) is 0.900. The van der Waals surface area contributed by atoms with Crippen LogP contribution in [0, 0.1) is 17.2 Å².